The third-order valence-electron chi connectivity index (χ3n) is 4.62. The molecule has 0 N–H and O–H groups in total. The molecule has 0 unspecified atom stereocenters. The Kier molecular flexibility index (Phi) is 5.40. The Bertz CT molecular complexity index is 887. The quantitative estimate of drug-likeness (QED) is 0.650. The maximum atomic E-state index is 12.5. The SMILES string of the molecule is O=C(CCc1nc(-c2ccsc2)no1)N1CCN(c2ccc(Cl)cc2)CC1. The number of rotatable bonds is 5. The summed E-state index contributed by atoms with van der Waals surface area (Å²) in [4.78, 5) is 21.0. The molecule has 1 amide bonds. The first-order valence-electron chi connectivity index (χ1n) is 8.82. The van der Waals surface area contributed by atoms with Gasteiger partial charge >= 0.3 is 0 Å². The van der Waals surface area contributed by atoms with E-state index in [1.807, 2.05) is 46.0 Å². The van der Waals surface area contributed by atoms with Crippen LogP contribution in [0.1, 0.15) is 12.3 Å². The summed E-state index contributed by atoms with van der Waals surface area (Å²) in [5.74, 6) is 1.21. The average Bonchev–Trinajstić information content (AvgIpc) is 3.38. The summed E-state index contributed by atoms with van der Waals surface area (Å²) in [6, 6.07) is 9.76. The normalized spacial score (nSPS) is 14.6. The number of carbonyl (C=O) groups is 1. The van der Waals surface area contributed by atoms with Crippen LogP contribution in [0.4, 0.5) is 5.69 Å². The van der Waals surface area contributed by atoms with Crippen LogP contribution in [-0.2, 0) is 11.2 Å². The van der Waals surface area contributed by atoms with Crippen molar-refractivity contribution in [2.45, 2.75) is 12.8 Å². The number of benzene rings is 1. The van der Waals surface area contributed by atoms with Gasteiger partial charge in [0.25, 0.3) is 0 Å². The van der Waals surface area contributed by atoms with E-state index in [-0.39, 0.29) is 5.91 Å². The van der Waals surface area contributed by atoms with Crippen molar-refractivity contribution >= 4 is 34.5 Å². The minimum absolute atomic E-state index is 0.126. The molecule has 2 aromatic heterocycles. The van der Waals surface area contributed by atoms with Gasteiger partial charge in [-0.1, -0.05) is 16.8 Å². The Morgan fingerprint density at radius 2 is 1.93 bits per heavy atom. The molecule has 3 aromatic rings. The summed E-state index contributed by atoms with van der Waals surface area (Å²) in [6.07, 6.45) is 0.847. The van der Waals surface area contributed by atoms with Gasteiger partial charge in [-0.15, -0.1) is 0 Å². The molecule has 8 heteroatoms. The van der Waals surface area contributed by atoms with Crippen molar-refractivity contribution in [3.63, 3.8) is 0 Å². The van der Waals surface area contributed by atoms with Gasteiger partial charge < -0.3 is 14.3 Å². The number of thiophene rings is 1. The number of aromatic nitrogens is 2. The maximum Gasteiger partial charge on any atom is 0.227 e. The zero-order valence-electron chi connectivity index (χ0n) is 14.7. The number of piperazine rings is 1. The molecule has 6 nitrogen and oxygen atoms in total. The summed E-state index contributed by atoms with van der Waals surface area (Å²) in [5.41, 5.74) is 2.08. The van der Waals surface area contributed by atoms with Crippen LogP contribution < -0.4 is 4.90 Å². The van der Waals surface area contributed by atoms with Crippen LogP contribution in [0.5, 0.6) is 0 Å². The van der Waals surface area contributed by atoms with Crippen LogP contribution in [0, 0.1) is 0 Å². The number of amides is 1. The number of carbonyl (C=O) groups excluding carboxylic acids is 1. The third kappa shape index (κ3) is 4.31. The molecule has 1 saturated heterocycles. The molecule has 0 bridgehead atoms. The van der Waals surface area contributed by atoms with Gasteiger partial charge in [-0.25, -0.2) is 0 Å². The fourth-order valence-electron chi connectivity index (χ4n) is 3.10. The number of nitrogens with zero attached hydrogens (tertiary/aromatic N) is 4. The average molecular weight is 403 g/mol. The first kappa shape index (κ1) is 18.0. The molecule has 1 aliphatic rings. The second-order valence-electron chi connectivity index (χ2n) is 6.37. The van der Waals surface area contributed by atoms with Gasteiger partial charge in [0.2, 0.25) is 17.6 Å². The summed E-state index contributed by atoms with van der Waals surface area (Å²) >= 11 is 7.53. The molecule has 1 aliphatic heterocycles. The van der Waals surface area contributed by atoms with Crippen LogP contribution in [0.3, 0.4) is 0 Å². The second-order valence-corrected chi connectivity index (χ2v) is 7.58. The lowest BCUT2D eigenvalue weighted by molar-refractivity contribution is -0.131. The topological polar surface area (TPSA) is 62.5 Å². The summed E-state index contributed by atoms with van der Waals surface area (Å²) in [6.45, 7) is 3.06. The van der Waals surface area contributed by atoms with E-state index in [4.69, 9.17) is 16.1 Å². The van der Waals surface area contributed by atoms with E-state index in [0.717, 1.165) is 29.4 Å². The number of hydrogen-bond acceptors (Lipinski definition) is 6. The van der Waals surface area contributed by atoms with Crippen molar-refractivity contribution in [3.05, 3.63) is 52.0 Å². The molecule has 4 rings (SSSR count). The van der Waals surface area contributed by atoms with Crippen molar-refractivity contribution in [2.24, 2.45) is 0 Å². The number of aryl methyl sites for hydroxylation is 1. The first-order chi connectivity index (χ1) is 13.2. The predicted molar refractivity (Wildman–Crippen MR) is 106 cm³/mol. The molecule has 0 radical (unpaired) electrons. The van der Waals surface area contributed by atoms with Crippen LogP contribution >= 0.6 is 22.9 Å². The summed E-state index contributed by atoms with van der Waals surface area (Å²) in [7, 11) is 0. The van der Waals surface area contributed by atoms with Crippen LogP contribution in [0.25, 0.3) is 11.4 Å². The lowest BCUT2D eigenvalue weighted by Crippen LogP contribution is -2.48. The van der Waals surface area contributed by atoms with Crippen LogP contribution in [0.2, 0.25) is 5.02 Å². The molecule has 1 aromatic carbocycles. The van der Waals surface area contributed by atoms with E-state index in [2.05, 4.69) is 15.0 Å². The van der Waals surface area contributed by atoms with Gasteiger partial charge in [0.15, 0.2) is 0 Å². The highest BCUT2D eigenvalue weighted by Gasteiger charge is 2.22. The van der Waals surface area contributed by atoms with E-state index in [0.29, 0.717) is 37.6 Å². The molecular weight excluding hydrogens is 384 g/mol. The van der Waals surface area contributed by atoms with E-state index in [9.17, 15) is 4.79 Å². The number of hydrogen-bond donors (Lipinski definition) is 0. The predicted octanol–water partition coefficient (Wildman–Crippen LogP) is 3.73. The molecule has 27 heavy (non-hydrogen) atoms. The largest absolute Gasteiger partial charge is 0.368 e. The Hall–Kier alpha value is -2.38. The van der Waals surface area contributed by atoms with Gasteiger partial charge in [0.05, 0.1) is 0 Å². The summed E-state index contributed by atoms with van der Waals surface area (Å²) < 4.78 is 5.26. The van der Waals surface area contributed by atoms with Crippen molar-refractivity contribution in [1.29, 1.82) is 0 Å². The molecule has 0 atom stereocenters. The lowest BCUT2D eigenvalue weighted by Gasteiger charge is -2.36. The highest BCUT2D eigenvalue weighted by atomic mass is 35.5. The third-order valence-corrected chi connectivity index (χ3v) is 5.56. The van der Waals surface area contributed by atoms with Gasteiger partial charge in [-0.2, -0.15) is 16.3 Å². The zero-order chi connectivity index (χ0) is 18.6. The molecular formula is C19H19ClN4O2S. The van der Waals surface area contributed by atoms with E-state index >= 15 is 0 Å². The van der Waals surface area contributed by atoms with Crippen molar-refractivity contribution < 1.29 is 9.32 Å². The number of anilines is 1. The fourth-order valence-corrected chi connectivity index (χ4v) is 3.86. The molecule has 140 valence electrons. The van der Waals surface area contributed by atoms with E-state index in [1.54, 1.807) is 11.3 Å². The van der Waals surface area contributed by atoms with Crippen molar-refractivity contribution in [1.82, 2.24) is 15.0 Å². The van der Waals surface area contributed by atoms with Gasteiger partial charge in [0.1, 0.15) is 0 Å². The van der Waals surface area contributed by atoms with Crippen molar-refractivity contribution in [2.75, 3.05) is 31.1 Å². The standard InChI is InChI=1S/C19H19ClN4O2S/c20-15-1-3-16(4-2-15)23-8-10-24(11-9-23)18(25)6-5-17-21-19(22-26-17)14-7-12-27-13-14/h1-4,7,12-13H,5-6,8-11H2. The van der Waals surface area contributed by atoms with Gasteiger partial charge in [0, 0.05) is 60.7 Å². The summed E-state index contributed by atoms with van der Waals surface area (Å²) in [5, 5.41) is 8.65. The smallest absolute Gasteiger partial charge is 0.227 e. The first-order valence-corrected chi connectivity index (χ1v) is 10.1. The molecule has 0 spiro atoms. The van der Waals surface area contributed by atoms with Gasteiger partial charge in [-0.05, 0) is 35.7 Å². The maximum absolute atomic E-state index is 12.5. The number of halogens is 1. The minimum atomic E-state index is 0.126. The fraction of sp³-hybridized carbons (Fsp3) is 0.316. The van der Waals surface area contributed by atoms with Crippen LogP contribution in [-0.4, -0.2) is 47.1 Å². The second kappa shape index (κ2) is 8.10. The van der Waals surface area contributed by atoms with Crippen molar-refractivity contribution in [3.8, 4) is 11.4 Å². The van der Waals surface area contributed by atoms with E-state index in [1.165, 1.54) is 0 Å². The molecule has 1 fully saturated rings. The lowest BCUT2D eigenvalue weighted by atomic mass is 10.2. The zero-order valence-corrected chi connectivity index (χ0v) is 16.2. The highest BCUT2D eigenvalue weighted by molar-refractivity contribution is 7.08. The minimum Gasteiger partial charge on any atom is -0.368 e. The van der Waals surface area contributed by atoms with Crippen LogP contribution in [0.15, 0.2) is 45.6 Å². The molecule has 0 aliphatic carbocycles. The van der Waals surface area contributed by atoms with E-state index < -0.39 is 0 Å². The highest BCUT2D eigenvalue weighted by Crippen LogP contribution is 2.21. The van der Waals surface area contributed by atoms with Gasteiger partial charge in [-0.3, -0.25) is 4.79 Å². The molecule has 3 heterocycles. The Morgan fingerprint density at radius 1 is 1.15 bits per heavy atom. The Balaban J connectivity index is 1.27. The monoisotopic (exact) mass is 402 g/mol. The Morgan fingerprint density at radius 3 is 2.63 bits per heavy atom. The molecule has 0 saturated carbocycles. The Labute approximate surface area is 166 Å².